The van der Waals surface area contributed by atoms with Gasteiger partial charge < -0.3 is 28.8 Å². The molecule has 0 aromatic carbocycles. The van der Waals surface area contributed by atoms with Crippen molar-refractivity contribution in [3.63, 3.8) is 0 Å². The van der Waals surface area contributed by atoms with Crippen LogP contribution in [0.25, 0.3) is 0 Å². The topological polar surface area (TPSA) is 108 Å². The number of aliphatic hydroxyl groups is 1. The molecule has 0 aromatic rings. The van der Waals surface area contributed by atoms with Crippen LogP contribution in [0.1, 0.15) is 174 Å². The number of aliphatic hydroxyl groups excluding tert-OH is 1. The van der Waals surface area contributed by atoms with Gasteiger partial charge in [0, 0.05) is 6.42 Å². The molecule has 0 radical (unpaired) electrons. The minimum Gasteiger partial charge on any atom is -0.756 e. The fourth-order valence-corrected chi connectivity index (χ4v) is 6.51. The van der Waals surface area contributed by atoms with Gasteiger partial charge in [-0.1, -0.05) is 152 Å². The highest BCUT2D eigenvalue weighted by Gasteiger charge is 2.23. The van der Waals surface area contributed by atoms with Gasteiger partial charge in [0.25, 0.3) is 7.82 Å². The molecule has 3 unspecified atom stereocenters. The van der Waals surface area contributed by atoms with Gasteiger partial charge >= 0.3 is 0 Å². The third-order valence-electron chi connectivity index (χ3n) is 9.26. The lowest BCUT2D eigenvalue weighted by molar-refractivity contribution is -0.870. The first-order valence-electron chi connectivity index (χ1n) is 21.5. The van der Waals surface area contributed by atoms with Crippen LogP contribution in [0.2, 0.25) is 0 Å². The number of quaternary nitrogens is 1. The minimum absolute atomic E-state index is 0.0106. The summed E-state index contributed by atoms with van der Waals surface area (Å²) in [5.74, 6) is -0.224. The van der Waals surface area contributed by atoms with Gasteiger partial charge in [-0.2, -0.15) is 0 Å². The maximum Gasteiger partial charge on any atom is 0.268 e. The van der Waals surface area contributed by atoms with Crippen LogP contribution in [-0.2, 0) is 18.4 Å². The largest absolute Gasteiger partial charge is 0.756 e. The fourth-order valence-electron chi connectivity index (χ4n) is 5.78. The van der Waals surface area contributed by atoms with E-state index in [1.165, 1.54) is 89.9 Å². The number of phosphoric ester groups is 1. The molecule has 310 valence electrons. The zero-order valence-electron chi connectivity index (χ0n) is 35.0. The number of carbonyl (C=O) groups is 1. The van der Waals surface area contributed by atoms with Crippen molar-refractivity contribution in [1.82, 2.24) is 5.32 Å². The number of likely N-dealkylation sites (N-methyl/N-ethyl adjacent to an activating group) is 1. The molecule has 0 fully saturated rings. The lowest BCUT2D eigenvalue weighted by atomic mass is 10.1. The van der Waals surface area contributed by atoms with Crippen molar-refractivity contribution in [2.45, 2.75) is 187 Å². The van der Waals surface area contributed by atoms with E-state index >= 15 is 0 Å². The molecule has 3 atom stereocenters. The molecule has 9 heteroatoms. The predicted octanol–water partition coefficient (Wildman–Crippen LogP) is 11.1. The fraction of sp³-hybridized carbons (Fsp3) is 0.795. The summed E-state index contributed by atoms with van der Waals surface area (Å²) in [6, 6.07) is -0.909. The Morgan fingerprint density at radius 3 is 1.66 bits per heavy atom. The summed E-state index contributed by atoms with van der Waals surface area (Å²) in [5, 5.41) is 13.7. The summed E-state index contributed by atoms with van der Waals surface area (Å²) < 4.78 is 23.1. The maximum atomic E-state index is 12.8. The third kappa shape index (κ3) is 38.5. The molecule has 0 aliphatic carbocycles. The maximum absolute atomic E-state index is 12.8. The second kappa shape index (κ2) is 36.1. The van der Waals surface area contributed by atoms with Gasteiger partial charge in [-0.05, 0) is 64.2 Å². The zero-order chi connectivity index (χ0) is 39.3. The van der Waals surface area contributed by atoms with Crippen molar-refractivity contribution in [1.29, 1.82) is 0 Å². The van der Waals surface area contributed by atoms with E-state index in [4.69, 9.17) is 9.05 Å². The molecule has 2 N–H and O–H groups in total. The molecule has 53 heavy (non-hydrogen) atoms. The van der Waals surface area contributed by atoms with Crippen LogP contribution in [0.4, 0.5) is 0 Å². The van der Waals surface area contributed by atoms with Crippen LogP contribution in [0, 0.1) is 0 Å². The Balaban J connectivity index is 4.54. The van der Waals surface area contributed by atoms with Gasteiger partial charge in [-0.25, -0.2) is 0 Å². The average Bonchev–Trinajstić information content (AvgIpc) is 3.10. The summed E-state index contributed by atoms with van der Waals surface area (Å²) in [5.41, 5.74) is 0. The van der Waals surface area contributed by atoms with Crippen molar-refractivity contribution in [2.75, 3.05) is 40.9 Å². The number of allylic oxidation sites excluding steroid dienone is 7. The van der Waals surface area contributed by atoms with Crippen LogP contribution >= 0.6 is 7.82 Å². The van der Waals surface area contributed by atoms with Crippen LogP contribution in [0.15, 0.2) is 48.6 Å². The Hall–Kier alpha value is -1.54. The van der Waals surface area contributed by atoms with Crippen LogP contribution in [0.5, 0.6) is 0 Å². The first-order valence-corrected chi connectivity index (χ1v) is 23.0. The molecule has 0 aliphatic rings. The number of hydrogen-bond acceptors (Lipinski definition) is 6. The van der Waals surface area contributed by atoms with E-state index in [1.54, 1.807) is 6.08 Å². The Morgan fingerprint density at radius 2 is 1.11 bits per heavy atom. The van der Waals surface area contributed by atoms with E-state index in [0.717, 1.165) is 64.2 Å². The average molecular weight is 767 g/mol. The smallest absolute Gasteiger partial charge is 0.268 e. The quantitative estimate of drug-likeness (QED) is 0.0280. The number of nitrogens with one attached hydrogen (secondary N) is 1. The predicted molar refractivity (Wildman–Crippen MR) is 224 cm³/mol. The Bertz CT molecular complexity index is 1010. The molecular formula is C44H83N2O6P. The molecule has 0 saturated heterocycles. The number of hydrogen-bond donors (Lipinski definition) is 2. The Labute approximate surface area is 327 Å². The number of amides is 1. The highest BCUT2D eigenvalue weighted by Crippen LogP contribution is 2.38. The van der Waals surface area contributed by atoms with Gasteiger partial charge in [-0.3, -0.25) is 9.36 Å². The molecule has 0 aromatic heterocycles. The summed E-state index contributed by atoms with van der Waals surface area (Å²) in [7, 11) is 1.23. The number of unbranched alkanes of at least 4 members (excludes halogenated alkanes) is 19. The Kier molecular flexibility index (Phi) is 35.1. The van der Waals surface area contributed by atoms with Crippen molar-refractivity contribution in [3.05, 3.63) is 48.6 Å². The first-order chi connectivity index (χ1) is 25.5. The van der Waals surface area contributed by atoms with Crippen molar-refractivity contribution < 1.29 is 32.9 Å². The van der Waals surface area contributed by atoms with E-state index in [0.29, 0.717) is 17.4 Å². The Morgan fingerprint density at radius 1 is 0.660 bits per heavy atom. The van der Waals surface area contributed by atoms with Gasteiger partial charge in [-0.15, -0.1) is 0 Å². The van der Waals surface area contributed by atoms with Gasteiger partial charge in [0.2, 0.25) is 5.91 Å². The van der Waals surface area contributed by atoms with E-state index < -0.39 is 26.6 Å². The standard InChI is InChI=1S/C44H83N2O6P/c1-6-8-10-12-14-16-18-20-22-24-26-28-30-32-34-36-38-44(48)45-42(41-52-53(49,50)51-40-39-46(3,4)5)43(47)37-35-33-31-29-27-25-23-21-19-17-15-13-11-9-7-2/h16,18,22,24,27,29,35,37,42-43,47H,6-15,17,19-21,23,25-26,28,30-34,36,38-41H2,1-5H3,(H-,45,48,49,50)/b18-16-,24-22-,29-27+,37-35+. The lowest BCUT2D eigenvalue weighted by Gasteiger charge is -2.29. The summed E-state index contributed by atoms with van der Waals surface area (Å²) in [6.07, 6.45) is 44.4. The van der Waals surface area contributed by atoms with Crippen molar-refractivity contribution in [2.24, 2.45) is 0 Å². The molecule has 0 spiro atoms. The second-order valence-corrected chi connectivity index (χ2v) is 17.1. The van der Waals surface area contributed by atoms with E-state index in [9.17, 15) is 19.4 Å². The van der Waals surface area contributed by atoms with Crippen molar-refractivity contribution in [3.8, 4) is 0 Å². The molecule has 0 aliphatic heterocycles. The molecule has 8 nitrogen and oxygen atoms in total. The monoisotopic (exact) mass is 767 g/mol. The number of rotatable bonds is 38. The van der Waals surface area contributed by atoms with Crippen LogP contribution in [-0.4, -0.2) is 68.5 Å². The summed E-state index contributed by atoms with van der Waals surface area (Å²) in [4.78, 5) is 25.2. The second-order valence-electron chi connectivity index (χ2n) is 15.7. The van der Waals surface area contributed by atoms with E-state index in [-0.39, 0.29) is 12.5 Å². The van der Waals surface area contributed by atoms with E-state index in [2.05, 4.69) is 55.6 Å². The van der Waals surface area contributed by atoms with Crippen LogP contribution < -0.4 is 10.2 Å². The normalized spacial score (nSPS) is 14.9. The molecule has 0 bridgehead atoms. The van der Waals surface area contributed by atoms with Gasteiger partial charge in [0.1, 0.15) is 13.2 Å². The SMILES string of the molecule is CCCCCC/C=C\C/C=C\CCCCCCCC(=O)NC(COP(=O)([O-])OCC[N+](C)(C)C)C(O)/C=C/CC/C=C/CCCCCCCCCCC. The number of phosphoric acid groups is 1. The highest BCUT2D eigenvalue weighted by atomic mass is 31.2. The number of carbonyl (C=O) groups excluding carboxylic acids is 1. The highest BCUT2D eigenvalue weighted by molar-refractivity contribution is 7.45. The van der Waals surface area contributed by atoms with Gasteiger partial charge in [0.15, 0.2) is 0 Å². The van der Waals surface area contributed by atoms with Gasteiger partial charge in [0.05, 0.1) is 39.9 Å². The van der Waals surface area contributed by atoms with Crippen molar-refractivity contribution >= 4 is 13.7 Å². The third-order valence-corrected chi connectivity index (χ3v) is 10.2. The molecular weight excluding hydrogens is 683 g/mol. The summed E-state index contributed by atoms with van der Waals surface area (Å²) >= 11 is 0. The molecule has 0 rings (SSSR count). The lowest BCUT2D eigenvalue weighted by Crippen LogP contribution is -2.45. The zero-order valence-corrected chi connectivity index (χ0v) is 35.8. The van der Waals surface area contributed by atoms with E-state index in [1.807, 2.05) is 27.2 Å². The summed E-state index contributed by atoms with van der Waals surface area (Å²) in [6.45, 7) is 4.57. The molecule has 0 saturated carbocycles. The molecule has 1 amide bonds. The first kappa shape index (κ1) is 51.5. The number of nitrogens with zero attached hydrogens (tertiary/aromatic N) is 1. The van der Waals surface area contributed by atoms with Crippen LogP contribution in [0.3, 0.4) is 0 Å². The molecule has 0 heterocycles. The minimum atomic E-state index is -4.60.